The van der Waals surface area contributed by atoms with Gasteiger partial charge in [-0.25, -0.2) is 0 Å². The molecule has 0 radical (unpaired) electrons. The lowest BCUT2D eigenvalue weighted by Crippen LogP contribution is -2.21. The predicted octanol–water partition coefficient (Wildman–Crippen LogP) is 4.98. The molecule has 1 fully saturated rings. The zero-order valence-corrected chi connectivity index (χ0v) is 17.6. The fraction of sp³-hybridized carbons (Fsp3) is 0.333. The van der Waals surface area contributed by atoms with Crippen molar-refractivity contribution in [2.75, 3.05) is 13.1 Å². The van der Waals surface area contributed by atoms with Gasteiger partial charge in [-0.3, -0.25) is 4.90 Å². The Balaban J connectivity index is 1.55. The number of hydrogen-bond acceptors (Lipinski definition) is 4. The molecule has 0 unspecified atom stereocenters. The van der Waals surface area contributed by atoms with E-state index in [1.165, 1.54) is 24.0 Å². The summed E-state index contributed by atoms with van der Waals surface area (Å²) >= 11 is 5.40. The largest absolute Gasteiger partial charge is 0.300 e. The van der Waals surface area contributed by atoms with Gasteiger partial charge in [0.2, 0.25) is 0 Å². The highest BCUT2D eigenvalue weighted by Gasteiger charge is 2.18. The van der Waals surface area contributed by atoms with Gasteiger partial charge in [-0.1, -0.05) is 76.2 Å². The van der Waals surface area contributed by atoms with Gasteiger partial charge >= 0.3 is 0 Å². The standard InChI is InChI=1S/C21H23BrN4S/c22-19-11-5-4-10-18(19)16-27-21-24-23-20(15-25-12-6-7-13-25)26(21)14-17-8-2-1-3-9-17/h1-5,8-11H,6-7,12-16H2. The van der Waals surface area contributed by atoms with Crippen LogP contribution < -0.4 is 0 Å². The molecule has 4 nitrogen and oxygen atoms in total. The average molecular weight is 443 g/mol. The maximum atomic E-state index is 4.55. The molecular weight excluding hydrogens is 420 g/mol. The van der Waals surface area contributed by atoms with E-state index in [0.29, 0.717) is 0 Å². The van der Waals surface area contributed by atoms with Crippen LogP contribution in [-0.2, 0) is 18.8 Å². The van der Waals surface area contributed by atoms with Gasteiger partial charge in [-0.2, -0.15) is 0 Å². The minimum atomic E-state index is 0.815. The van der Waals surface area contributed by atoms with E-state index in [9.17, 15) is 0 Å². The summed E-state index contributed by atoms with van der Waals surface area (Å²) in [7, 11) is 0. The monoisotopic (exact) mass is 442 g/mol. The Morgan fingerprint density at radius 2 is 1.63 bits per heavy atom. The van der Waals surface area contributed by atoms with Crippen LogP contribution in [0.1, 0.15) is 29.8 Å². The molecule has 1 saturated heterocycles. The van der Waals surface area contributed by atoms with E-state index < -0.39 is 0 Å². The zero-order valence-electron chi connectivity index (χ0n) is 15.2. The molecule has 27 heavy (non-hydrogen) atoms. The maximum Gasteiger partial charge on any atom is 0.191 e. The third-order valence-electron chi connectivity index (χ3n) is 4.86. The molecule has 2 aromatic carbocycles. The first-order chi connectivity index (χ1) is 13.3. The Morgan fingerprint density at radius 1 is 0.889 bits per heavy atom. The fourth-order valence-electron chi connectivity index (χ4n) is 3.37. The van der Waals surface area contributed by atoms with Gasteiger partial charge in [-0.15, -0.1) is 10.2 Å². The van der Waals surface area contributed by atoms with E-state index >= 15 is 0 Å². The molecule has 2 heterocycles. The molecule has 0 N–H and O–H groups in total. The number of halogens is 1. The summed E-state index contributed by atoms with van der Waals surface area (Å²) in [6, 6.07) is 18.9. The van der Waals surface area contributed by atoms with Crippen molar-refractivity contribution in [1.82, 2.24) is 19.7 Å². The van der Waals surface area contributed by atoms with Crippen LogP contribution in [0.5, 0.6) is 0 Å². The first-order valence-electron chi connectivity index (χ1n) is 9.34. The molecule has 4 rings (SSSR count). The van der Waals surface area contributed by atoms with E-state index in [1.54, 1.807) is 11.8 Å². The van der Waals surface area contributed by atoms with Crippen molar-refractivity contribution in [3.63, 3.8) is 0 Å². The third kappa shape index (κ3) is 4.81. The van der Waals surface area contributed by atoms with Gasteiger partial charge in [0.05, 0.1) is 13.1 Å². The highest BCUT2D eigenvalue weighted by molar-refractivity contribution is 9.10. The molecule has 0 aliphatic carbocycles. The summed E-state index contributed by atoms with van der Waals surface area (Å²) in [5.74, 6) is 1.94. The van der Waals surface area contributed by atoms with Crippen molar-refractivity contribution in [3.05, 3.63) is 76.0 Å². The number of benzene rings is 2. The Hall–Kier alpha value is -1.63. The van der Waals surface area contributed by atoms with Gasteiger partial charge < -0.3 is 4.57 Å². The van der Waals surface area contributed by atoms with Gasteiger partial charge in [0.1, 0.15) is 5.82 Å². The topological polar surface area (TPSA) is 34.0 Å². The Kier molecular flexibility index (Phi) is 6.27. The van der Waals surface area contributed by atoms with Crippen molar-refractivity contribution >= 4 is 27.7 Å². The first kappa shape index (κ1) is 18.7. The quantitative estimate of drug-likeness (QED) is 0.483. The van der Waals surface area contributed by atoms with Crippen LogP contribution in [0.15, 0.2) is 64.2 Å². The highest BCUT2D eigenvalue weighted by atomic mass is 79.9. The Labute approximate surface area is 173 Å². The lowest BCUT2D eigenvalue weighted by atomic mass is 10.2. The van der Waals surface area contributed by atoms with Crippen LogP contribution in [0, 0.1) is 0 Å². The second-order valence-electron chi connectivity index (χ2n) is 6.83. The zero-order chi connectivity index (χ0) is 18.5. The molecule has 1 aromatic heterocycles. The van der Waals surface area contributed by atoms with Crippen molar-refractivity contribution in [3.8, 4) is 0 Å². The van der Waals surface area contributed by atoms with Gasteiger partial charge in [0.15, 0.2) is 5.16 Å². The van der Waals surface area contributed by atoms with Crippen molar-refractivity contribution in [2.45, 2.75) is 36.8 Å². The maximum absolute atomic E-state index is 4.55. The summed E-state index contributed by atoms with van der Waals surface area (Å²) in [6.45, 7) is 4.03. The van der Waals surface area contributed by atoms with E-state index in [1.807, 2.05) is 6.07 Å². The summed E-state index contributed by atoms with van der Waals surface area (Å²) in [6.07, 6.45) is 2.58. The molecule has 3 aromatic rings. The summed E-state index contributed by atoms with van der Waals surface area (Å²) in [4.78, 5) is 2.48. The number of likely N-dealkylation sites (tertiary alicyclic amines) is 1. The Morgan fingerprint density at radius 3 is 2.41 bits per heavy atom. The van der Waals surface area contributed by atoms with Crippen LogP contribution in [0.4, 0.5) is 0 Å². The number of nitrogens with zero attached hydrogens (tertiary/aromatic N) is 4. The van der Waals surface area contributed by atoms with E-state index in [2.05, 4.69) is 84.1 Å². The molecule has 6 heteroatoms. The molecule has 0 amide bonds. The van der Waals surface area contributed by atoms with Gasteiger partial charge in [0.25, 0.3) is 0 Å². The highest BCUT2D eigenvalue weighted by Crippen LogP contribution is 2.27. The minimum absolute atomic E-state index is 0.815. The number of thioether (sulfide) groups is 1. The number of hydrogen-bond donors (Lipinski definition) is 0. The molecule has 0 spiro atoms. The lowest BCUT2D eigenvalue weighted by molar-refractivity contribution is 0.316. The fourth-order valence-corrected chi connectivity index (χ4v) is 4.94. The minimum Gasteiger partial charge on any atom is -0.300 e. The predicted molar refractivity (Wildman–Crippen MR) is 114 cm³/mol. The van der Waals surface area contributed by atoms with Crippen LogP contribution in [0.2, 0.25) is 0 Å². The molecule has 0 atom stereocenters. The van der Waals surface area contributed by atoms with E-state index in [4.69, 9.17) is 0 Å². The molecule has 0 saturated carbocycles. The SMILES string of the molecule is Brc1ccccc1CSc1nnc(CN2CCCC2)n1Cc1ccccc1. The number of aromatic nitrogens is 3. The van der Waals surface area contributed by atoms with Crippen molar-refractivity contribution in [1.29, 1.82) is 0 Å². The smallest absolute Gasteiger partial charge is 0.191 e. The molecular formula is C21H23BrN4S. The van der Waals surface area contributed by atoms with Crippen LogP contribution in [-0.4, -0.2) is 32.8 Å². The molecule has 0 bridgehead atoms. The van der Waals surface area contributed by atoms with E-state index in [-0.39, 0.29) is 0 Å². The van der Waals surface area contributed by atoms with Crippen LogP contribution in [0.3, 0.4) is 0 Å². The molecule has 140 valence electrons. The van der Waals surface area contributed by atoms with Gasteiger partial charge in [0, 0.05) is 10.2 Å². The second-order valence-corrected chi connectivity index (χ2v) is 8.63. The van der Waals surface area contributed by atoms with Crippen molar-refractivity contribution in [2.24, 2.45) is 0 Å². The summed E-state index contributed by atoms with van der Waals surface area (Å²) in [5.41, 5.74) is 2.56. The second kappa shape index (κ2) is 9.04. The number of rotatable bonds is 7. The lowest BCUT2D eigenvalue weighted by Gasteiger charge is -2.16. The van der Waals surface area contributed by atoms with E-state index in [0.717, 1.165) is 47.4 Å². The normalized spacial score (nSPS) is 14.7. The average Bonchev–Trinajstić information content (AvgIpc) is 3.33. The van der Waals surface area contributed by atoms with Crippen molar-refractivity contribution < 1.29 is 0 Å². The third-order valence-corrected chi connectivity index (χ3v) is 6.64. The molecule has 1 aliphatic heterocycles. The van der Waals surface area contributed by atoms with Gasteiger partial charge in [-0.05, 0) is 43.1 Å². The molecule has 1 aliphatic rings. The first-order valence-corrected chi connectivity index (χ1v) is 11.1. The summed E-state index contributed by atoms with van der Waals surface area (Å²) in [5, 5.41) is 10.1. The van der Waals surface area contributed by atoms with Crippen LogP contribution >= 0.6 is 27.7 Å². The van der Waals surface area contributed by atoms with Crippen LogP contribution in [0.25, 0.3) is 0 Å². The Bertz CT molecular complexity index is 875. The summed E-state index contributed by atoms with van der Waals surface area (Å²) < 4.78 is 3.43.